The fourth-order valence-corrected chi connectivity index (χ4v) is 2.23. The molecule has 0 aliphatic carbocycles. The molecular formula is C17H21NO. The SMILES string of the molecule is COCCc1ccc(C(N)c2ccccc2C)cc1. The molecular weight excluding hydrogens is 234 g/mol. The zero-order chi connectivity index (χ0) is 13.7. The lowest BCUT2D eigenvalue weighted by atomic mass is 9.95. The first-order valence-electron chi connectivity index (χ1n) is 6.61. The third-order valence-corrected chi connectivity index (χ3v) is 3.46. The lowest BCUT2D eigenvalue weighted by molar-refractivity contribution is 0.202. The number of methoxy groups -OCH3 is 1. The van der Waals surface area contributed by atoms with Crippen LogP contribution in [0.5, 0.6) is 0 Å². The van der Waals surface area contributed by atoms with Crippen molar-refractivity contribution >= 4 is 0 Å². The normalized spacial score (nSPS) is 12.4. The van der Waals surface area contributed by atoms with Crippen molar-refractivity contribution in [3.05, 3.63) is 70.8 Å². The Morgan fingerprint density at radius 1 is 1.05 bits per heavy atom. The van der Waals surface area contributed by atoms with Gasteiger partial charge in [-0.15, -0.1) is 0 Å². The van der Waals surface area contributed by atoms with Crippen LogP contribution in [0, 0.1) is 6.92 Å². The first kappa shape index (κ1) is 13.8. The van der Waals surface area contributed by atoms with Gasteiger partial charge in [0.05, 0.1) is 12.6 Å². The number of rotatable bonds is 5. The van der Waals surface area contributed by atoms with Crippen molar-refractivity contribution in [2.24, 2.45) is 5.73 Å². The fourth-order valence-electron chi connectivity index (χ4n) is 2.23. The number of benzene rings is 2. The van der Waals surface area contributed by atoms with Crippen molar-refractivity contribution < 1.29 is 4.74 Å². The second-order valence-corrected chi connectivity index (χ2v) is 4.82. The summed E-state index contributed by atoms with van der Waals surface area (Å²) in [5, 5.41) is 0. The van der Waals surface area contributed by atoms with Crippen LogP contribution in [-0.4, -0.2) is 13.7 Å². The van der Waals surface area contributed by atoms with E-state index in [-0.39, 0.29) is 6.04 Å². The second-order valence-electron chi connectivity index (χ2n) is 4.82. The molecule has 2 aromatic rings. The highest BCUT2D eigenvalue weighted by atomic mass is 16.5. The van der Waals surface area contributed by atoms with Gasteiger partial charge in [-0.05, 0) is 35.6 Å². The summed E-state index contributed by atoms with van der Waals surface area (Å²) in [6.45, 7) is 2.85. The molecule has 2 heteroatoms. The van der Waals surface area contributed by atoms with E-state index in [0.29, 0.717) is 0 Å². The van der Waals surface area contributed by atoms with E-state index in [0.717, 1.165) is 18.6 Å². The van der Waals surface area contributed by atoms with Gasteiger partial charge in [0.1, 0.15) is 0 Å². The maximum Gasteiger partial charge on any atom is 0.0554 e. The van der Waals surface area contributed by atoms with E-state index in [4.69, 9.17) is 10.5 Å². The van der Waals surface area contributed by atoms with Crippen LogP contribution in [0.3, 0.4) is 0 Å². The molecule has 0 radical (unpaired) electrons. The third kappa shape index (κ3) is 3.43. The quantitative estimate of drug-likeness (QED) is 0.890. The molecule has 19 heavy (non-hydrogen) atoms. The Bertz CT molecular complexity index is 519. The summed E-state index contributed by atoms with van der Waals surface area (Å²) in [4.78, 5) is 0. The topological polar surface area (TPSA) is 35.2 Å². The largest absolute Gasteiger partial charge is 0.384 e. The van der Waals surface area contributed by atoms with Crippen LogP contribution in [0.1, 0.15) is 28.3 Å². The highest BCUT2D eigenvalue weighted by Crippen LogP contribution is 2.22. The third-order valence-electron chi connectivity index (χ3n) is 3.46. The summed E-state index contributed by atoms with van der Waals surface area (Å²) in [6, 6.07) is 16.7. The average molecular weight is 255 g/mol. The fraction of sp³-hybridized carbons (Fsp3) is 0.294. The van der Waals surface area contributed by atoms with Crippen LogP contribution in [0.2, 0.25) is 0 Å². The molecule has 0 saturated heterocycles. The lowest BCUT2D eigenvalue weighted by Gasteiger charge is -2.15. The summed E-state index contributed by atoms with van der Waals surface area (Å²) in [7, 11) is 1.72. The van der Waals surface area contributed by atoms with Gasteiger partial charge < -0.3 is 10.5 Å². The van der Waals surface area contributed by atoms with Gasteiger partial charge in [0.25, 0.3) is 0 Å². The number of hydrogen-bond acceptors (Lipinski definition) is 2. The molecule has 100 valence electrons. The Balaban J connectivity index is 2.16. The van der Waals surface area contributed by atoms with Crippen molar-refractivity contribution in [2.75, 3.05) is 13.7 Å². The highest BCUT2D eigenvalue weighted by Gasteiger charge is 2.10. The molecule has 0 amide bonds. The molecule has 0 bridgehead atoms. The molecule has 2 aromatic carbocycles. The molecule has 0 aromatic heterocycles. The molecule has 2 nitrogen and oxygen atoms in total. The first-order valence-corrected chi connectivity index (χ1v) is 6.61. The zero-order valence-corrected chi connectivity index (χ0v) is 11.6. The van der Waals surface area contributed by atoms with Gasteiger partial charge >= 0.3 is 0 Å². The van der Waals surface area contributed by atoms with Crippen molar-refractivity contribution in [2.45, 2.75) is 19.4 Å². The maximum atomic E-state index is 6.34. The summed E-state index contributed by atoms with van der Waals surface area (Å²) in [5.41, 5.74) is 11.2. The van der Waals surface area contributed by atoms with Crippen LogP contribution >= 0.6 is 0 Å². The van der Waals surface area contributed by atoms with Gasteiger partial charge in [-0.3, -0.25) is 0 Å². The molecule has 0 aliphatic rings. The van der Waals surface area contributed by atoms with E-state index < -0.39 is 0 Å². The minimum atomic E-state index is -0.0577. The Morgan fingerprint density at radius 3 is 2.37 bits per heavy atom. The van der Waals surface area contributed by atoms with E-state index in [1.54, 1.807) is 7.11 Å². The van der Waals surface area contributed by atoms with Crippen molar-refractivity contribution in [1.82, 2.24) is 0 Å². The number of nitrogens with two attached hydrogens (primary N) is 1. The Hall–Kier alpha value is -1.64. The van der Waals surface area contributed by atoms with Gasteiger partial charge in [0.15, 0.2) is 0 Å². The van der Waals surface area contributed by atoms with Crippen molar-refractivity contribution in [1.29, 1.82) is 0 Å². The maximum absolute atomic E-state index is 6.34. The van der Waals surface area contributed by atoms with E-state index in [1.165, 1.54) is 16.7 Å². The molecule has 0 aliphatic heterocycles. The minimum absolute atomic E-state index is 0.0577. The molecule has 0 saturated carbocycles. The van der Waals surface area contributed by atoms with Crippen LogP contribution in [0.25, 0.3) is 0 Å². The first-order chi connectivity index (χ1) is 9.22. The standard InChI is InChI=1S/C17H21NO/c1-13-5-3-4-6-16(13)17(18)15-9-7-14(8-10-15)11-12-19-2/h3-10,17H,11-12,18H2,1-2H3. The average Bonchev–Trinajstić information content (AvgIpc) is 2.45. The monoisotopic (exact) mass is 255 g/mol. The van der Waals surface area contributed by atoms with Gasteiger partial charge in [-0.2, -0.15) is 0 Å². The van der Waals surface area contributed by atoms with Crippen LogP contribution in [0.15, 0.2) is 48.5 Å². The van der Waals surface area contributed by atoms with Gasteiger partial charge in [0.2, 0.25) is 0 Å². The number of aryl methyl sites for hydroxylation is 1. The van der Waals surface area contributed by atoms with Crippen LogP contribution in [0.4, 0.5) is 0 Å². The summed E-state index contributed by atoms with van der Waals surface area (Å²) in [5.74, 6) is 0. The minimum Gasteiger partial charge on any atom is -0.384 e. The van der Waals surface area contributed by atoms with Crippen molar-refractivity contribution in [3.8, 4) is 0 Å². The molecule has 0 heterocycles. The van der Waals surface area contributed by atoms with E-state index in [1.807, 2.05) is 12.1 Å². The Labute approximate surface area is 115 Å². The van der Waals surface area contributed by atoms with Gasteiger partial charge in [-0.1, -0.05) is 48.5 Å². The lowest BCUT2D eigenvalue weighted by Crippen LogP contribution is -2.13. The second kappa shape index (κ2) is 6.50. The summed E-state index contributed by atoms with van der Waals surface area (Å²) < 4.78 is 5.08. The van der Waals surface area contributed by atoms with E-state index in [2.05, 4.69) is 43.3 Å². The molecule has 2 N–H and O–H groups in total. The predicted molar refractivity (Wildman–Crippen MR) is 79.2 cm³/mol. The van der Waals surface area contributed by atoms with E-state index in [9.17, 15) is 0 Å². The Morgan fingerprint density at radius 2 is 1.74 bits per heavy atom. The van der Waals surface area contributed by atoms with Crippen LogP contribution in [-0.2, 0) is 11.2 Å². The Kier molecular flexibility index (Phi) is 4.72. The molecule has 2 rings (SSSR count). The number of hydrogen-bond donors (Lipinski definition) is 1. The predicted octanol–water partition coefficient (Wildman–Crippen LogP) is 3.23. The molecule has 0 fully saturated rings. The van der Waals surface area contributed by atoms with E-state index >= 15 is 0 Å². The summed E-state index contributed by atoms with van der Waals surface area (Å²) >= 11 is 0. The molecule has 0 spiro atoms. The van der Waals surface area contributed by atoms with Crippen molar-refractivity contribution in [3.63, 3.8) is 0 Å². The smallest absolute Gasteiger partial charge is 0.0554 e. The number of ether oxygens (including phenoxy) is 1. The summed E-state index contributed by atoms with van der Waals surface area (Å²) in [6.07, 6.45) is 0.941. The highest BCUT2D eigenvalue weighted by molar-refractivity contribution is 5.37. The molecule has 1 atom stereocenters. The van der Waals surface area contributed by atoms with Gasteiger partial charge in [0, 0.05) is 7.11 Å². The molecule has 1 unspecified atom stereocenters. The van der Waals surface area contributed by atoms with Gasteiger partial charge in [-0.25, -0.2) is 0 Å². The zero-order valence-electron chi connectivity index (χ0n) is 11.6. The van der Waals surface area contributed by atoms with Crippen LogP contribution < -0.4 is 5.73 Å².